The first-order chi connectivity index (χ1) is 8.50. The molecule has 1 atom stereocenters. The van der Waals surface area contributed by atoms with Crippen LogP contribution in [0.15, 0.2) is 24.3 Å². The molecule has 2 aliphatic rings. The van der Waals surface area contributed by atoms with E-state index in [1.807, 2.05) is 0 Å². The molecule has 0 amide bonds. The molecule has 1 N–H and O–H groups in total. The first-order valence-corrected chi connectivity index (χ1v) is 7.32. The Morgan fingerprint density at radius 3 is 2.50 bits per heavy atom. The largest absolute Gasteiger partial charge is 0.385 e. The summed E-state index contributed by atoms with van der Waals surface area (Å²) >= 11 is 0. The van der Waals surface area contributed by atoms with Crippen LogP contribution in [0.25, 0.3) is 0 Å². The summed E-state index contributed by atoms with van der Waals surface area (Å²) in [5.74, 6) is 0.648. The Morgan fingerprint density at radius 2 is 1.83 bits per heavy atom. The average molecular weight is 244 g/mol. The molecule has 1 aromatic carbocycles. The fourth-order valence-electron chi connectivity index (χ4n) is 3.63. The van der Waals surface area contributed by atoms with Crippen molar-refractivity contribution >= 4 is 0 Å². The van der Waals surface area contributed by atoms with Crippen LogP contribution in [0.1, 0.15) is 69.4 Å². The summed E-state index contributed by atoms with van der Waals surface area (Å²) in [5, 5.41) is 10.4. The molecule has 0 saturated heterocycles. The van der Waals surface area contributed by atoms with Gasteiger partial charge in [-0.25, -0.2) is 0 Å². The molecule has 3 rings (SSSR count). The predicted octanol–water partition coefficient (Wildman–Crippen LogP) is 4.35. The maximum absolute atomic E-state index is 10.4. The van der Waals surface area contributed by atoms with Gasteiger partial charge < -0.3 is 5.11 Å². The van der Waals surface area contributed by atoms with E-state index in [0.717, 1.165) is 12.8 Å². The number of benzene rings is 1. The van der Waals surface area contributed by atoms with Crippen LogP contribution in [0.2, 0.25) is 0 Å². The predicted molar refractivity (Wildman–Crippen MR) is 74.6 cm³/mol. The molecule has 1 nitrogen and oxygen atoms in total. The van der Waals surface area contributed by atoms with Crippen LogP contribution in [0.4, 0.5) is 0 Å². The highest BCUT2D eigenvalue weighted by atomic mass is 16.3. The molecule has 1 aromatic rings. The Hall–Kier alpha value is -0.820. The zero-order chi connectivity index (χ0) is 12.8. The Balaban J connectivity index is 1.92. The Labute approximate surface area is 110 Å². The monoisotopic (exact) mass is 244 g/mol. The van der Waals surface area contributed by atoms with Crippen LogP contribution in [0, 0.1) is 5.41 Å². The highest BCUT2D eigenvalue weighted by molar-refractivity contribution is 5.38. The zero-order valence-corrected chi connectivity index (χ0v) is 11.6. The Kier molecular flexibility index (Phi) is 2.78. The van der Waals surface area contributed by atoms with Gasteiger partial charge in [0.25, 0.3) is 0 Å². The van der Waals surface area contributed by atoms with Gasteiger partial charge in [-0.2, -0.15) is 0 Å². The van der Waals surface area contributed by atoms with E-state index >= 15 is 0 Å². The summed E-state index contributed by atoms with van der Waals surface area (Å²) in [6, 6.07) is 8.59. The molecule has 98 valence electrons. The number of rotatable bonds is 2. The van der Waals surface area contributed by atoms with E-state index in [4.69, 9.17) is 0 Å². The molecular weight excluding hydrogens is 220 g/mol. The van der Waals surface area contributed by atoms with Crippen LogP contribution < -0.4 is 0 Å². The van der Waals surface area contributed by atoms with Crippen molar-refractivity contribution < 1.29 is 5.11 Å². The van der Waals surface area contributed by atoms with Gasteiger partial charge >= 0.3 is 0 Å². The summed E-state index contributed by atoms with van der Waals surface area (Å²) in [7, 11) is 0. The third-order valence-electron chi connectivity index (χ3n) is 4.83. The molecule has 1 unspecified atom stereocenters. The molecule has 0 aromatic heterocycles. The summed E-state index contributed by atoms with van der Waals surface area (Å²) in [6.07, 6.45) is 7.11. The molecule has 0 heterocycles. The van der Waals surface area contributed by atoms with Gasteiger partial charge in [0, 0.05) is 0 Å². The summed E-state index contributed by atoms with van der Waals surface area (Å²) in [5.41, 5.74) is 2.61. The third-order valence-corrected chi connectivity index (χ3v) is 4.83. The summed E-state index contributed by atoms with van der Waals surface area (Å²) in [6.45, 7) is 4.77. The molecule has 0 aliphatic heterocycles. The van der Waals surface area contributed by atoms with Crippen molar-refractivity contribution in [2.75, 3.05) is 0 Å². The summed E-state index contributed by atoms with van der Waals surface area (Å²) in [4.78, 5) is 0. The first-order valence-electron chi connectivity index (χ1n) is 7.32. The Bertz CT molecular complexity index is 443. The normalized spacial score (nSPS) is 28.9. The second-order valence-electron chi connectivity index (χ2n) is 7.08. The van der Waals surface area contributed by atoms with E-state index < -0.39 is 5.60 Å². The maximum Gasteiger partial charge on any atom is 0.0901 e. The van der Waals surface area contributed by atoms with Crippen LogP contribution in [-0.2, 0) is 5.60 Å². The molecule has 2 fully saturated rings. The molecule has 0 radical (unpaired) electrons. The van der Waals surface area contributed by atoms with Crippen LogP contribution in [-0.4, -0.2) is 5.11 Å². The molecule has 0 spiro atoms. The molecule has 1 heteroatoms. The van der Waals surface area contributed by atoms with Gasteiger partial charge in [-0.1, -0.05) is 44.5 Å². The molecule has 18 heavy (non-hydrogen) atoms. The van der Waals surface area contributed by atoms with E-state index in [9.17, 15) is 5.11 Å². The number of aliphatic hydroxyl groups is 1. The minimum Gasteiger partial charge on any atom is -0.385 e. The van der Waals surface area contributed by atoms with Gasteiger partial charge in [0.15, 0.2) is 0 Å². The second kappa shape index (κ2) is 4.09. The molecule has 2 aliphatic carbocycles. The molecular formula is C17H24O. The first kappa shape index (κ1) is 12.2. The molecule has 0 bridgehead atoms. The van der Waals surface area contributed by atoms with Gasteiger partial charge in [0.2, 0.25) is 0 Å². The van der Waals surface area contributed by atoms with E-state index in [1.54, 1.807) is 0 Å². The second-order valence-corrected chi connectivity index (χ2v) is 7.08. The smallest absolute Gasteiger partial charge is 0.0901 e. The quantitative estimate of drug-likeness (QED) is 0.820. The van der Waals surface area contributed by atoms with E-state index in [0.29, 0.717) is 11.3 Å². The molecule has 2 saturated carbocycles. The van der Waals surface area contributed by atoms with E-state index in [2.05, 4.69) is 38.1 Å². The number of hydrogen-bond donors (Lipinski definition) is 1. The van der Waals surface area contributed by atoms with Crippen LogP contribution >= 0.6 is 0 Å². The fourth-order valence-corrected chi connectivity index (χ4v) is 3.63. The SMILES string of the molecule is CC1(C)CCCC(c2ccccc2C2(O)CC2)C1. The van der Waals surface area contributed by atoms with Crippen molar-refractivity contribution in [3.63, 3.8) is 0 Å². The van der Waals surface area contributed by atoms with E-state index in [-0.39, 0.29) is 0 Å². The minimum absolute atomic E-state index is 0.461. The van der Waals surface area contributed by atoms with E-state index in [1.165, 1.54) is 36.8 Å². The van der Waals surface area contributed by atoms with Gasteiger partial charge in [-0.3, -0.25) is 0 Å². The van der Waals surface area contributed by atoms with Gasteiger partial charge in [0.05, 0.1) is 5.60 Å². The lowest BCUT2D eigenvalue weighted by atomic mass is 9.69. The Morgan fingerprint density at radius 1 is 1.11 bits per heavy atom. The van der Waals surface area contributed by atoms with Crippen molar-refractivity contribution in [2.45, 2.75) is 63.9 Å². The summed E-state index contributed by atoms with van der Waals surface area (Å²) < 4.78 is 0. The van der Waals surface area contributed by atoms with Gasteiger partial charge in [-0.15, -0.1) is 0 Å². The van der Waals surface area contributed by atoms with Crippen molar-refractivity contribution in [3.8, 4) is 0 Å². The maximum atomic E-state index is 10.4. The lowest BCUT2D eigenvalue weighted by Gasteiger charge is -2.36. The lowest BCUT2D eigenvalue weighted by molar-refractivity contribution is 0.147. The van der Waals surface area contributed by atoms with Crippen LogP contribution in [0.3, 0.4) is 0 Å². The van der Waals surface area contributed by atoms with Gasteiger partial charge in [-0.05, 0) is 54.6 Å². The topological polar surface area (TPSA) is 20.2 Å². The van der Waals surface area contributed by atoms with Crippen molar-refractivity contribution in [1.82, 2.24) is 0 Å². The zero-order valence-electron chi connectivity index (χ0n) is 11.6. The van der Waals surface area contributed by atoms with Crippen molar-refractivity contribution in [2.24, 2.45) is 5.41 Å². The lowest BCUT2D eigenvalue weighted by Crippen LogP contribution is -2.23. The fraction of sp³-hybridized carbons (Fsp3) is 0.647. The standard InChI is InChI=1S/C17H24O/c1-16(2)9-5-6-13(12-16)14-7-3-4-8-15(14)17(18)10-11-17/h3-4,7-8,13,18H,5-6,9-12H2,1-2H3. The van der Waals surface area contributed by atoms with Crippen molar-refractivity contribution in [3.05, 3.63) is 35.4 Å². The third kappa shape index (κ3) is 2.21. The average Bonchev–Trinajstić information content (AvgIpc) is 3.07. The highest BCUT2D eigenvalue weighted by Gasteiger charge is 2.44. The van der Waals surface area contributed by atoms with Gasteiger partial charge in [0.1, 0.15) is 0 Å². The highest BCUT2D eigenvalue weighted by Crippen LogP contribution is 2.51. The van der Waals surface area contributed by atoms with Crippen molar-refractivity contribution in [1.29, 1.82) is 0 Å². The minimum atomic E-state index is -0.488. The number of hydrogen-bond acceptors (Lipinski definition) is 1. The van der Waals surface area contributed by atoms with Crippen LogP contribution in [0.5, 0.6) is 0 Å².